The van der Waals surface area contributed by atoms with E-state index < -0.39 is 30.5 Å². The van der Waals surface area contributed by atoms with Gasteiger partial charge in [0.15, 0.2) is 6.61 Å². The van der Waals surface area contributed by atoms with Crippen molar-refractivity contribution < 1.29 is 23.9 Å². The number of aryl methyl sites for hydroxylation is 2. The predicted molar refractivity (Wildman–Crippen MR) is 111 cm³/mol. The SMILES string of the molecule is CCn1c(=O)n(CCC(=O)OCC(=O)NC(CC(C)C)C(=O)OC)c2ccccc21. The summed E-state index contributed by atoms with van der Waals surface area (Å²) in [5.41, 5.74) is 1.35. The van der Waals surface area contributed by atoms with Crippen molar-refractivity contribution in [3.05, 3.63) is 34.7 Å². The van der Waals surface area contributed by atoms with Crippen LogP contribution in [0.5, 0.6) is 0 Å². The number of carbonyl (C=O) groups is 3. The molecule has 164 valence electrons. The summed E-state index contributed by atoms with van der Waals surface area (Å²) in [6.45, 7) is 5.88. The average molecular weight is 419 g/mol. The minimum absolute atomic E-state index is 0.0582. The van der Waals surface area contributed by atoms with E-state index in [1.54, 1.807) is 4.57 Å². The molecule has 0 spiro atoms. The van der Waals surface area contributed by atoms with Gasteiger partial charge in [-0.3, -0.25) is 18.7 Å². The third-order valence-corrected chi connectivity index (χ3v) is 4.67. The van der Waals surface area contributed by atoms with Gasteiger partial charge in [-0.2, -0.15) is 0 Å². The van der Waals surface area contributed by atoms with Gasteiger partial charge < -0.3 is 14.8 Å². The van der Waals surface area contributed by atoms with Crippen LogP contribution in [0.1, 0.15) is 33.6 Å². The second-order valence-electron chi connectivity index (χ2n) is 7.35. The highest BCUT2D eigenvalue weighted by atomic mass is 16.5. The van der Waals surface area contributed by atoms with Crippen LogP contribution in [0.3, 0.4) is 0 Å². The predicted octanol–water partition coefficient (Wildman–Crippen LogP) is 1.46. The lowest BCUT2D eigenvalue weighted by Crippen LogP contribution is -2.44. The Kier molecular flexibility index (Phi) is 8.20. The standard InChI is InChI=1S/C21H29N3O6/c1-5-23-16-8-6-7-9-17(16)24(21(23)28)11-10-19(26)30-13-18(25)22-15(12-14(2)3)20(27)29-4/h6-9,14-15H,5,10-13H2,1-4H3,(H,22,25). The number of benzene rings is 1. The molecule has 1 amide bonds. The van der Waals surface area contributed by atoms with E-state index in [0.717, 1.165) is 11.0 Å². The summed E-state index contributed by atoms with van der Waals surface area (Å²) in [5.74, 6) is -1.57. The van der Waals surface area contributed by atoms with Crippen LogP contribution in [0.4, 0.5) is 0 Å². The Hall–Kier alpha value is -3.10. The summed E-state index contributed by atoms with van der Waals surface area (Å²) in [6.07, 6.45) is 0.355. The molecule has 0 fully saturated rings. The fraction of sp³-hybridized carbons (Fsp3) is 0.524. The monoisotopic (exact) mass is 419 g/mol. The number of fused-ring (bicyclic) bond motifs is 1. The van der Waals surface area contributed by atoms with Crippen molar-refractivity contribution in [2.24, 2.45) is 5.92 Å². The molecule has 0 radical (unpaired) electrons. The normalized spacial score (nSPS) is 12.0. The molecular weight excluding hydrogens is 390 g/mol. The first kappa shape index (κ1) is 23.2. The lowest BCUT2D eigenvalue weighted by molar-refractivity contribution is -0.150. The van der Waals surface area contributed by atoms with Crippen LogP contribution in [-0.2, 0) is 36.9 Å². The van der Waals surface area contributed by atoms with Crippen molar-refractivity contribution in [1.82, 2.24) is 14.5 Å². The number of nitrogens with one attached hydrogen (secondary N) is 1. The van der Waals surface area contributed by atoms with Crippen LogP contribution < -0.4 is 11.0 Å². The van der Waals surface area contributed by atoms with E-state index in [9.17, 15) is 19.2 Å². The Morgan fingerprint density at radius 3 is 2.30 bits per heavy atom. The van der Waals surface area contributed by atoms with Gasteiger partial charge in [-0.1, -0.05) is 26.0 Å². The molecule has 0 saturated carbocycles. The number of hydrogen-bond donors (Lipinski definition) is 1. The van der Waals surface area contributed by atoms with Crippen molar-refractivity contribution in [3.63, 3.8) is 0 Å². The highest BCUT2D eigenvalue weighted by molar-refractivity contribution is 5.86. The van der Waals surface area contributed by atoms with Crippen molar-refractivity contribution in [1.29, 1.82) is 0 Å². The van der Waals surface area contributed by atoms with Crippen molar-refractivity contribution in [3.8, 4) is 0 Å². The topological polar surface area (TPSA) is 109 Å². The fourth-order valence-electron chi connectivity index (χ4n) is 3.28. The van der Waals surface area contributed by atoms with Gasteiger partial charge in [-0.15, -0.1) is 0 Å². The number of hydrogen-bond acceptors (Lipinski definition) is 6. The Morgan fingerprint density at radius 2 is 1.73 bits per heavy atom. The van der Waals surface area contributed by atoms with E-state index in [-0.39, 0.29) is 24.6 Å². The Bertz CT molecular complexity index is 959. The molecule has 30 heavy (non-hydrogen) atoms. The van der Waals surface area contributed by atoms with Crippen LogP contribution in [0, 0.1) is 5.92 Å². The fourth-order valence-corrected chi connectivity index (χ4v) is 3.28. The van der Waals surface area contributed by atoms with Crippen LogP contribution in [0.25, 0.3) is 11.0 Å². The smallest absolute Gasteiger partial charge is 0.329 e. The number of amides is 1. The molecule has 1 atom stereocenters. The van der Waals surface area contributed by atoms with E-state index in [1.807, 2.05) is 45.0 Å². The number of para-hydroxylation sites is 2. The van der Waals surface area contributed by atoms with Crippen molar-refractivity contribution in [2.75, 3.05) is 13.7 Å². The molecule has 1 unspecified atom stereocenters. The molecule has 0 saturated heterocycles. The summed E-state index contributed by atoms with van der Waals surface area (Å²) < 4.78 is 12.9. The summed E-state index contributed by atoms with van der Waals surface area (Å²) >= 11 is 0. The van der Waals surface area contributed by atoms with E-state index in [1.165, 1.54) is 11.7 Å². The number of imidazole rings is 1. The summed E-state index contributed by atoms with van der Waals surface area (Å²) in [6, 6.07) is 6.57. The quantitative estimate of drug-likeness (QED) is 0.584. The second-order valence-corrected chi connectivity index (χ2v) is 7.35. The summed E-state index contributed by atoms with van der Waals surface area (Å²) in [5, 5.41) is 2.52. The molecule has 0 aliphatic heterocycles. The largest absolute Gasteiger partial charge is 0.467 e. The Balaban J connectivity index is 1.92. The van der Waals surface area contributed by atoms with Gasteiger partial charge in [0.25, 0.3) is 5.91 Å². The second kappa shape index (κ2) is 10.6. The maximum atomic E-state index is 12.6. The van der Waals surface area contributed by atoms with E-state index in [0.29, 0.717) is 13.0 Å². The molecular formula is C21H29N3O6. The van der Waals surface area contributed by atoms with Gasteiger partial charge in [0, 0.05) is 13.1 Å². The molecule has 9 nitrogen and oxygen atoms in total. The highest BCUT2D eigenvalue weighted by Crippen LogP contribution is 2.13. The molecule has 2 rings (SSSR count). The number of methoxy groups -OCH3 is 1. The molecule has 9 heteroatoms. The van der Waals surface area contributed by atoms with Crippen molar-refractivity contribution >= 4 is 28.9 Å². The van der Waals surface area contributed by atoms with Gasteiger partial charge in [0.1, 0.15) is 6.04 Å². The first-order valence-electron chi connectivity index (χ1n) is 9.99. The highest BCUT2D eigenvalue weighted by Gasteiger charge is 2.23. The molecule has 1 N–H and O–H groups in total. The summed E-state index contributed by atoms with van der Waals surface area (Å²) in [4.78, 5) is 48.5. The lowest BCUT2D eigenvalue weighted by atomic mass is 10.0. The zero-order chi connectivity index (χ0) is 22.3. The van der Waals surface area contributed by atoms with Crippen LogP contribution in [-0.4, -0.2) is 46.7 Å². The van der Waals surface area contributed by atoms with Gasteiger partial charge in [-0.25, -0.2) is 9.59 Å². The first-order valence-corrected chi connectivity index (χ1v) is 9.99. The van der Waals surface area contributed by atoms with E-state index in [4.69, 9.17) is 4.74 Å². The maximum absolute atomic E-state index is 12.6. The number of esters is 2. The number of carbonyl (C=O) groups excluding carboxylic acids is 3. The Morgan fingerprint density at radius 1 is 1.10 bits per heavy atom. The lowest BCUT2D eigenvalue weighted by Gasteiger charge is -2.18. The van der Waals surface area contributed by atoms with Gasteiger partial charge in [0.2, 0.25) is 0 Å². The van der Waals surface area contributed by atoms with E-state index in [2.05, 4.69) is 10.1 Å². The zero-order valence-electron chi connectivity index (χ0n) is 17.8. The minimum Gasteiger partial charge on any atom is -0.467 e. The van der Waals surface area contributed by atoms with Crippen LogP contribution in [0.2, 0.25) is 0 Å². The third kappa shape index (κ3) is 5.71. The number of ether oxygens (including phenoxy) is 2. The van der Waals surface area contributed by atoms with Crippen LogP contribution >= 0.6 is 0 Å². The van der Waals surface area contributed by atoms with Gasteiger partial charge in [0.05, 0.1) is 24.6 Å². The average Bonchev–Trinajstić information content (AvgIpc) is 2.99. The van der Waals surface area contributed by atoms with Gasteiger partial charge in [-0.05, 0) is 31.4 Å². The molecule has 0 aliphatic carbocycles. The molecule has 0 bridgehead atoms. The zero-order valence-corrected chi connectivity index (χ0v) is 17.8. The maximum Gasteiger partial charge on any atom is 0.329 e. The Labute approximate surface area is 174 Å². The first-order chi connectivity index (χ1) is 14.3. The van der Waals surface area contributed by atoms with E-state index >= 15 is 0 Å². The van der Waals surface area contributed by atoms with Crippen LogP contribution in [0.15, 0.2) is 29.1 Å². The third-order valence-electron chi connectivity index (χ3n) is 4.67. The van der Waals surface area contributed by atoms with Gasteiger partial charge >= 0.3 is 17.6 Å². The number of nitrogens with zero attached hydrogens (tertiary/aromatic N) is 2. The number of rotatable bonds is 10. The molecule has 1 aromatic carbocycles. The molecule has 1 heterocycles. The minimum atomic E-state index is -0.792. The number of aromatic nitrogens is 2. The molecule has 2 aromatic rings. The summed E-state index contributed by atoms with van der Waals surface area (Å²) in [7, 11) is 1.25. The molecule has 0 aliphatic rings. The molecule has 1 aromatic heterocycles. The van der Waals surface area contributed by atoms with Crippen molar-refractivity contribution in [2.45, 2.75) is 52.7 Å².